The van der Waals surface area contributed by atoms with E-state index in [-0.39, 0.29) is 19.1 Å². The van der Waals surface area contributed by atoms with Crippen LogP contribution in [0, 0.1) is 6.92 Å². The molecular weight excluding hydrogens is 460 g/mol. The van der Waals surface area contributed by atoms with Crippen LogP contribution < -0.4 is 10.1 Å². The van der Waals surface area contributed by atoms with E-state index in [4.69, 9.17) is 21.1 Å². The predicted octanol–water partition coefficient (Wildman–Crippen LogP) is 6.27. The lowest BCUT2D eigenvalue weighted by Gasteiger charge is -2.12. The molecule has 0 aliphatic carbocycles. The van der Waals surface area contributed by atoms with Crippen molar-refractivity contribution in [1.29, 1.82) is 0 Å². The van der Waals surface area contributed by atoms with Gasteiger partial charge in [-0.05, 0) is 43.0 Å². The van der Waals surface area contributed by atoms with Crippen molar-refractivity contribution in [3.05, 3.63) is 87.5 Å². The number of esters is 1. The fourth-order valence-electron chi connectivity index (χ4n) is 3.30. The molecule has 0 bridgehead atoms. The van der Waals surface area contributed by atoms with Gasteiger partial charge in [-0.1, -0.05) is 35.9 Å². The van der Waals surface area contributed by atoms with Gasteiger partial charge in [-0.3, -0.25) is 4.79 Å². The second-order valence-corrected chi connectivity index (χ2v) is 8.47. The first-order chi connectivity index (χ1) is 16.0. The number of thiophene rings is 1. The molecule has 6 nitrogen and oxygen atoms in total. The zero-order valence-corrected chi connectivity index (χ0v) is 19.6. The average Bonchev–Trinajstić information content (AvgIpc) is 3.25. The van der Waals surface area contributed by atoms with Crippen molar-refractivity contribution in [3.8, 4) is 5.75 Å². The molecule has 0 aliphatic heterocycles. The molecule has 1 amide bonds. The van der Waals surface area contributed by atoms with E-state index >= 15 is 0 Å². The lowest BCUT2D eigenvalue weighted by molar-refractivity contribution is 0.0528. The van der Waals surface area contributed by atoms with E-state index < -0.39 is 5.97 Å². The Bertz CT molecular complexity index is 1320. The monoisotopic (exact) mass is 480 g/mol. The normalized spacial score (nSPS) is 10.8. The summed E-state index contributed by atoms with van der Waals surface area (Å²) in [6.45, 7) is 4.19. The third-order valence-electron chi connectivity index (χ3n) is 4.99. The quantitative estimate of drug-likeness (QED) is 0.249. The average molecular weight is 481 g/mol. The first-order valence-corrected chi connectivity index (χ1v) is 11.5. The van der Waals surface area contributed by atoms with Crippen LogP contribution in [0.5, 0.6) is 5.75 Å². The zero-order valence-electron chi connectivity index (χ0n) is 18.1. The van der Waals surface area contributed by atoms with Gasteiger partial charge in [-0.2, -0.15) is 0 Å². The third kappa shape index (κ3) is 4.99. The predicted molar refractivity (Wildman–Crippen MR) is 130 cm³/mol. The van der Waals surface area contributed by atoms with E-state index in [1.165, 1.54) is 17.5 Å². The minimum Gasteiger partial charge on any atom is -0.489 e. The number of amides is 1. The molecule has 0 atom stereocenters. The largest absolute Gasteiger partial charge is 0.489 e. The Kier molecular flexibility index (Phi) is 6.91. The first-order valence-electron chi connectivity index (χ1n) is 10.3. The molecule has 4 aromatic rings. The fraction of sp³-hybridized carbons (Fsp3) is 0.160. The Morgan fingerprint density at radius 2 is 1.94 bits per heavy atom. The van der Waals surface area contributed by atoms with Gasteiger partial charge in [0.2, 0.25) is 0 Å². The summed E-state index contributed by atoms with van der Waals surface area (Å²) in [7, 11) is 0. The molecule has 33 heavy (non-hydrogen) atoms. The number of carbonyl (C=O) groups excluding carboxylic acids is 2. The fourth-order valence-corrected chi connectivity index (χ4v) is 4.68. The highest BCUT2D eigenvalue weighted by Crippen LogP contribution is 2.35. The minimum atomic E-state index is -0.432. The van der Waals surface area contributed by atoms with Crippen molar-refractivity contribution in [2.45, 2.75) is 20.5 Å². The van der Waals surface area contributed by atoms with E-state index in [2.05, 4.69) is 10.3 Å². The number of rotatable bonds is 7. The van der Waals surface area contributed by atoms with E-state index in [0.717, 1.165) is 11.1 Å². The number of benzene rings is 2. The van der Waals surface area contributed by atoms with Gasteiger partial charge < -0.3 is 14.8 Å². The maximum atomic E-state index is 12.5. The number of hydrogen-bond donors (Lipinski definition) is 1. The van der Waals surface area contributed by atoms with Crippen LogP contribution in [0.2, 0.25) is 5.15 Å². The number of halogens is 1. The number of hydrogen-bond acceptors (Lipinski definition) is 6. The van der Waals surface area contributed by atoms with Crippen molar-refractivity contribution in [3.63, 3.8) is 0 Å². The van der Waals surface area contributed by atoms with E-state index in [1.807, 2.05) is 42.6 Å². The smallest absolute Gasteiger partial charge is 0.341 e. The molecule has 0 aliphatic rings. The maximum absolute atomic E-state index is 12.5. The van der Waals surface area contributed by atoms with Crippen molar-refractivity contribution in [2.24, 2.45) is 0 Å². The molecule has 2 aromatic carbocycles. The van der Waals surface area contributed by atoms with Crippen LogP contribution >= 0.6 is 22.9 Å². The Morgan fingerprint density at radius 1 is 1.15 bits per heavy atom. The summed E-state index contributed by atoms with van der Waals surface area (Å²) in [6.07, 6.45) is 1.44. The number of nitrogens with one attached hydrogen (secondary N) is 1. The molecule has 0 spiro atoms. The first kappa shape index (κ1) is 22.8. The number of carbonyl (C=O) groups is 2. The van der Waals surface area contributed by atoms with Gasteiger partial charge in [0.1, 0.15) is 17.5 Å². The third-order valence-corrected chi connectivity index (χ3v) is 6.33. The maximum Gasteiger partial charge on any atom is 0.341 e. The molecule has 0 unspecified atom stereocenters. The second-order valence-electron chi connectivity index (χ2n) is 7.24. The summed E-state index contributed by atoms with van der Waals surface area (Å²) < 4.78 is 11.9. The Hall–Kier alpha value is -3.42. The Morgan fingerprint density at radius 3 is 2.70 bits per heavy atom. The molecule has 8 heteroatoms. The minimum absolute atomic E-state index is 0.196. The number of aromatic nitrogens is 1. The van der Waals surface area contributed by atoms with Crippen molar-refractivity contribution in [1.82, 2.24) is 4.98 Å². The number of aryl methyl sites for hydroxylation is 1. The highest BCUT2D eigenvalue weighted by Gasteiger charge is 2.19. The zero-order chi connectivity index (χ0) is 23.4. The van der Waals surface area contributed by atoms with E-state index in [1.54, 1.807) is 25.1 Å². The molecule has 2 heterocycles. The molecule has 2 aromatic heterocycles. The number of ether oxygens (including phenoxy) is 2. The molecule has 0 saturated carbocycles. The van der Waals surface area contributed by atoms with Gasteiger partial charge in [-0.15, -0.1) is 11.3 Å². The van der Waals surface area contributed by atoms with Gasteiger partial charge in [0, 0.05) is 34.5 Å². The van der Waals surface area contributed by atoms with Gasteiger partial charge in [0.05, 0.1) is 16.9 Å². The topological polar surface area (TPSA) is 77.5 Å². The Labute approximate surface area is 200 Å². The standard InChI is InChI=1S/C25H21ClN2O4S/c1-3-31-25(30)19-12-27-23(26)21-17(14-33-22(19)21)13-32-20-11-18(10-9-15(20)2)28-24(29)16-7-5-4-6-8-16/h4-12,14H,3,13H2,1-2H3,(H,28,29). The summed E-state index contributed by atoms with van der Waals surface area (Å²) in [4.78, 5) is 28.9. The van der Waals surface area contributed by atoms with Crippen LogP contribution in [0.1, 0.15) is 38.8 Å². The second kappa shape index (κ2) is 10.0. The Balaban J connectivity index is 1.55. The summed E-state index contributed by atoms with van der Waals surface area (Å²) in [6, 6.07) is 14.5. The van der Waals surface area contributed by atoms with E-state index in [9.17, 15) is 9.59 Å². The SMILES string of the molecule is CCOC(=O)c1cnc(Cl)c2c(COc3cc(NC(=O)c4ccccc4)ccc3C)csc12. The van der Waals surface area contributed by atoms with Crippen LogP contribution in [0.4, 0.5) is 5.69 Å². The summed E-state index contributed by atoms with van der Waals surface area (Å²) in [5.74, 6) is 0.00288. The molecule has 0 radical (unpaired) electrons. The van der Waals surface area contributed by atoms with Gasteiger partial charge in [0.15, 0.2) is 0 Å². The summed E-state index contributed by atoms with van der Waals surface area (Å²) in [5.41, 5.74) is 3.32. The lowest BCUT2D eigenvalue weighted by Crippen LogP contribution is -2.11. The highest BCUT2D eigenvalue weighted by atomic mass is 35.5. The molecule has 1 N–H and O–H groups in total. The van der Waals surface area contributed by atoms with Crippen LogP contribution in [0.15, 0.2) is 60.1 Å². The van der Waals surface area contributed by atoms with Crippen molar-refractivity contribution < 1.29 is 19.1 Å². The number of anilines is 1. The van der Waals surface area contributed by atoms with Crippen LogP contribution in [-0.2, 0) is 11.3 Å². The van der Waals surface area contributed by atoms with Crippen molar-refractivity contribution >= 4 is 50.6 Å². The highest BCUT2D eigenvalue weighted by molar-refractivity contribution is 7.17. The molecule has 168 valence electrons. The van der Waals surface area contributed by atoms with E-state index in [0.29, 0.717) is 37.8 Å². The lowest BCUT2D eigenvalue weighted by atomic mass is 10.1. The summed E-state index contributed by atoms with van der Waals surface area (Å²) in [5, 5.41) is 5.77. The van der Waals surface area contributed by atoms with Crippen LogP contribution in [-0.4, -0.2) is 23.5 Å². The van der Waals surface area contributed by atoms with Crippen LogP contribution in [0.3, 0.4) is 0 Å². The number of nitrogens with zero attached hydrogens (tertiary/aromatic N) is 1. The number of pyridine rings is 1. The van der Waals surface area contributed by atoms with Gasteiger partial charge >= 0.3 is 5.97 Å². The molecule has 4 rings (SSSR count). The number of fused-ring (bicyclic) bond motifs is 1. The molecule has 0 fully saturated rings. The van der Waals surface area contributed by atoms with Gasteiger partial charge in [0.25, 0.3) is 5.91 Å². The van der Waals surface area contributed by atoms with Gasteiger partial charge in [-0.25, -0.2) is 9.78 Å². The summed E-state index contributed by atoms with van der Waals surface area (Å²) >= 11 is 7.75. The van der Waals surface area contributed by atoms with Crippen molar-refractivity contribution in [2.75, 3.05) is 11.9 Å². The molecular formula is C25H21ClN2O4S. The van der Waals surface area contributed by atoms with Crippen LogP contribution in [0.25, 0.3) is 10.1 Å². The molecule has 0 saturated heterocycles.